The predicted octanol–water partition coefficient (Wildman–Crippen LogP) is 7.45. The zero-order valence-electron chi connectivity index (χ0n) is 18.9. The number of benzene rings is 3. The highest BCUT2D eigenvalue weighted by Crippen LogP contribution is 2.65. The molecule has 2 unspecified atom stereocenters. The molecular weight excluding hydrogens is 392 g/mol. The lowest BCUT2D eigenvalue weighted by Gasteiger charge is -2.55. The molecule has 3 fully saturated rings. The third kappa shape index (κ3) is 2.42. The van der Waals surface area contributed by atoms with Crippen molar-refractivity contribution in [1.82, 2.24) is 0 Å². The van der Waals surface area contributed by atoms with E-state index in [1.165, 1.54) is 73.6 Å². The van der Waals surface area contributed by atoms with E-state index < -0.39 is 0 Å². The average Bonchev–Trinajstić information content (AvgIpc) is 3.08. The Kier molecular flexibility index (Phi) is 4.02. The van der Waals surface area contributed by atoms with Crippen LogP contribution in [0, 0.1) is 23.7 Å². The van der Waals surface area contributed by atoms with Gasteiger partial charge in [0.15, 0.2) is 0 Å². The van der Waals surface area contributed by atoms with E-state index in [4.69, 9.17) is 4.74 Å². The molecule has 0 aliphatic heterocycles. The van der Waals surface area contributed by atoms with Gasteiger partial charge in [-0.3, -0.25) is 0 Å². The first kappa shape index (κ1) is 19.0. The van der Waals surface area contributed by atoms with Crippen LogP contribution in [0.25, 0.3) is 21.9 Å². The minimum atomic E-state index is 0.0474. The van der Waals surface area contributed by atoms with Crippen LogP contribution in [0.3, 0.4) is 0 Å². The minimum absolute atomic E-state index is 0.0474. The van der Waals surface area contributed by atoms with Crippen LogP contribution in [-0.4, -0.2) is 12.2 Å². The van der Waals surface area contributed by atoms with Crippen molar-refractivity contribution >= 4 is 10.8 Å². The highest BCUT2D eigenvalue weighted by molar-refractivity contribution is 6.05. The molecule has 0 amide bonds. The molecule has 164 valence electrons. The summed E-state index contributed by atoms with van der Waals surface area (Å²) in [5.41, 5.74) is 5.65. The fourth-order valence-electron chi connectivity index (χ4n) is 8.69. The molecule has 4 aliphatic carbocycles. The number of aromatic hydroxyl groups is 1. The topological polar surface area (TPSA) is 29.5 Å². The second-order valence-corrected chi connectivity index (χ2v) is 11.0. The van der Waals surface area contributed by atoms with E-state index in [0.717, 1.165) is 40.2 Å². The van der Waals surface area contributed by atoms with E-state index in [2.05, 4.69) is 36.4 Å². The van der Waals surface area contributed by atoms with Gasteiger partial charge in [0.25, 0.3) is 0 Å². The van der Waals surface area contributed by atoms with Crippen LogP contribution in [0.4, 0.5) is 0 Å². The lowest BCUT2D eigenvalue weighted by Crippen LogP contribution is -2.48. The summed E-state index contributed by atoms with van der Waals surface area (Å²) < 4.78 is 5.59. The molecule has 0 heterocycles. The molecule has 2 heteroatoms. The first-order chi connectivity index (χ1) is 15.7. The number of methoxy groups -OCH3 is 1. The molecule has 0 aromatic heterocycles. The summed E-state index contributed by atoms with van der Waals surface area (Å²) in [6.07, 6.45) is 11.0. The Balaban J connectivity index is 1.49. The minimum Gasteiger partial charge on any atom is -0.507 e. The van der Waals surface area contributed by atoms with Crippen LogP contribution in [0.5, 0.6) is 11.5 Å². The first-order valence-corrected chi connectivity index (χ1v) is 12.6. The van der Waals surface area contributed by atoms with Crippen LogP contribution >= 0.6 is 0 Å². The Morgan fingerprint density at radius 3 is 2.28 bits per heavy atom. The number of phenols is 1. The number of fused-ring (bicyclic) bond motifs is 7. The summed E-state index contributed by atoms with van der Waals surface area (Å²) in [7, 11) is 1.73. The Morgan fingerprint density at radius 2 is 1.53 bits per heavy atom. The molecular formula is C30H32O2. The first-order valence-electron chi connectivity index (χ1n) is 12.6. The van der Waals surface area contributed by atoms with Gasteiger partial charge in [0.1, 0.15) is 11.5 Å². The maximum absolute atomic E-state index is 11.2. The van der Waals surface area contributed by atoms with E-state index in [-0.39, 0.29) is 5.41 Å². The molecule has 1 N–H and O–H groups in total. The Labute approximate surface area is 190 Å². The van der Waals surface area contributed by atoms with Crippen LogP contribution in [0.2, 0.25) is 0 Å². The van der Waals surface area contributed by atoms with Gasteiger partial charge in [-0.2, -0.15) is 0 Å². The van der Waals surface area contributed by atoms with Crippen molar-refractivity contribution in [3.63, 3.8) is 0 Å². The molecule has 0 radical (unpaired) electrons. The second-order valence-electron chi connectivity index (χ2n) is 11.0. The number of rotatable bonds is 1. The van der Waals surface area contributed by atoms with Gasteiger partial charge in [-0.1, -0.05) is 62.8 Å². The van der Waals surface area contributed by atoms with Crippen molar-refractivity contribution in [1.29, 1.82) is 0 Å². The van der Waals surface area contributed by atoms with Crippen molar-refractivity contribution in [2.24, 2.45) is 23.7 Å². The fourth-order valence-corrected chi connectivity index (χ4v) is 8.69. The summed E-state index contributed by atoms with van der Waals surface area (Å²) in [6, 6.07) is 17.4. The standard InChI is InChI=1S/C30H32O2/c1-32-21-12-13-22-24(14-21)29-23-10-2-3-11-25(23)30(26(29)15-27(22)31)16-19-8-4-6-18-7-5-9-20(17-30)28(18)19/h2-3,10-15,18-20,28,31H,4-9,16-17H2,1H3. The summed E-state index contributed by atoms with van der Waals surface area (Å²) in [5.74, 6) is 4.84. The number of ether oxygens (including phenoxy) is 1. The summed E-state index contributed by atoms with van der Waals surface area (Å²) in [6.45, 7) is 0. The van der Waals surface area contributed by atoms with Crippen LogP contribution < -0.4 is 4.74 Å². The maximum Gasteiger partial charge on any atom is 0.123 e. The van der Waals surface area contributed by atoms with E-state index in [0.29, 0.717) is 5.75 Å². The van der Waals surface area contributed by atoms with E-state index >= 15 is 0 Å². The van der Waals surface area contributed by atoms with Gasteiger partial charge in [-0.25, -0.2) is 0 Å². The monoisotopic (exact) mass is 424 g/mol. The van der Waals surface area contributed by atoms with Gasteiger partial charge < -0.3 is 9.84 Å². The summed E-state index contributed by atoms with van der Waals surface area (Å²) in [5, 5.41) is 13.2. The van der Waals surface area contributed by atoms with Crippen molar-refractivity contribution in [3.05, 3.63) is 59.7 Å². The fraction of sp³-hybridized carbons (Fsp3) is 0.467. The summed E-state index contributed by atoms with van der Waals surface area (Å²) >= 11 is 0. The van der Waals surface area contributed by atoms with Gasteiger partial charge in [-0.15, -0.1) is 0 Å². The van der Waals surface area contributed by atoms with Gasteiger partial charge in [0, 0.05) is 10.8 Å². The number of phenolic OH excluding ortho intramolecular Hbond substituents is 1. The largest absolute Gasteiger partial charge is 0.507 e. The molecule has 0 bridgehead atoms. The Bertz CT molecular complexity index is 1200. The Hall–Kier alpha value is -2.48. The molecule has 3 saturated carbocycles. The van der Waals surface area contributed by atoms with E-state index in [9.17, 15) is 5.11 Å². The lowest BCUT2D eigenvalue weighted by atomic mass is 9.49. The van der Waals surface area contributed by atoms with Crippen molar-refractivity contribution < 1.29 is 9.84 Å². The number of hydrogen-bond donors (Lipinski definition) is 1. The van der Waals surface area contributed by atoms with Crippen LogP contribution in [0.15, 0.2) is 48.5 Å². The molecule has 7 rings (SSSR count). The SMILES string of the molecule is COc1ccc2c(O)cc3c(c2c1)-c1ccccc1C31CC2CCCC3CCCC(C1)C32. The zero-order valence-corrected chi connectivity index (χ0v) is 18.9. The molecule has 4 aliphatic rings. The number of hydrogen-bond acceptors (Lipinski definition) is 2. The highest BCUT2D eigenvalue weighted by Gasteiger charge is 2.55. The molecule has 2 atom stereocenters. The average molecular weight is 425 g/mol. The van der Waals surface area contributed by atoms with Gasteiger partial charge in [0.05, 0.1) is 7.11 Å². The molecule has 32 heavy (non-hydrogen) atoms. The lowest BCUT2D eigenvalue weighted by molar-refractivity contribution is -0.0124. The third-order valence-electron chi connectivity index (χ3n) is 9.70. The smallest absolute Gasteiger partial charge is 0.123 e. The molecule has 2 nitrogen and oxygen atoms in total. The van der Waals surface area contributed by atoms with Crippen molar-refractivity contribution in [2.75, 3.05) is 7.11 Å². The van der Waals surface area contributed by atoms with Gasteiger partial charge in [0.2, 0.25) is 0 Å². The predicted molar refractivity (Wildman–Crippen MR) is 129 cm³/mol. The summed E-state index contributed by atoms with van der Waals surface area (Å²) in [4.78, 5) is 0. The van der Waals surface area contributed by atoms with Crippen molar-refractivity contribution in [2.45, 2.75) is 56.8 Å². The molecule has 0 saturated heterocycles. The molecule has 3 aromatic rings. The van der Waals surface area contributed by atoms with E-state index in [1.54, 1.807) is 7.11 Å². The quantitative estimate of drug-likeness (QED) is 0.440. The normalized spacial score (nSPS) is 32.4. The van der Waals surface area contributed by atoms with Gasteiger partial charge in [-0.05, 0) is 88.4 Å². The molecule has 1 spiro atoms. The highest BCUT2D eigenvalue weighted by atomic mass is 16.5. The third-order valence-corrected chi connectivity index (χ3v) is 9.70. The van der Waals surface area contributed by atoms with Crippen molar-refractivity contribution in [3.8, 4) is 22.6 Å². The van der Waals surface area contributed by atoms with Crippen LogP contribution in [0.1, 0.15) is 62.5 Å². The maximum atomic E-state index is 11.2. The Morgan fingerprint density at radius 1 is 0.812 bits per heavy atom. The van der Waals surface area contributed by atoms with E-state index in [1.807, 2.05) is 12.1 Å². The second kappa shape index (κ2) is 6.76. The zero-order chi connectivity index (χ0) is 21.4. The molecule has 3 aromatic carbocycles. The van der Waals surface area contributed by atoms with Crippen LogP contribution in [-0.2, 0) is 5.41 Å². The van der Waals surface area contributed by atoms with Gasteiger partial charge >= 0.3 is 0 Å².